The van der Waals surface area contributed by atoms with Gasteiger partial charge in [-0.15, -0.1) is 15.2 Å². The van der Waals surface area contributed by atoms with Crippen LogP contribution in [-0.2, 0) is 11.4 Å². The molecule has 0 fully saturated rings. The van der Waals surface area contributed by atoms with Crippen LogP contribution in [-0.4, -0.2) is 23.4 Å². The summed E-state index contributed by atoms with van der Waals surface area (Å²) >= 11 is 12.0. The lowest BCUT2D eigenvalue weighted by atomic mass is 10.2. The first kappa shape index (κ1) is 20.9. The molecule has 0 atom stereocenters. The van der Waals surface area contributed by atoms with Crippen LogP contribution in [0.15, 0.2) is 52.7 Å². The van der Waals surface area contributed by atoms with Crippen molar-refractivity contribution in [1.82, 2.24) is 5.32 Å². The number of nitrogens with zero attached hydrogens (tertiary/aromatic N) is 3. The number of ether oxygens (including phenoxy) is 1. The smallest absolute Gasteiger partial charge is 0.410 e. The number of carbonyl (C=O) groups is 1. The molecule has 10 nitrogen and oxygen atoms in total. The topological polar surface area (TPSA) is 141 Å². The van der Waals surface area contributed by atoms with Crippen LogP contribution < -0.4 is 15.8 Å². The molecular formula is C16H13Cl2N5O5. The molecule has 0 spiro atoms. The van der Waals surface area contributed by atoms with Gasteiger partial charge >= 0.3 is 6.09 Å². The van der Waals surface area contributed by atoms with Crippen LogP contribution in [0.3, 0.4) is 0 Å². The van der Waals surface area contributed by atoms with Crippen molar-refractivity contribution in [3.05, 3.63) is 73.8 Å². The fraction of sp³-hybridized carbons (Fsp3) is 0.0625. The molecular weight excluding hydrogens is 413 g/mol. The van der Waals surface area contributed by atoms with E-state index in [-0.39, 0.29) is 18.3 Å². The second-order valence-electron chi connectivity index (χ2n) is 5.02. The average molecular weight is 426 g/mol. The molecule has 28 heavy (non-hydrogen) atoms. The van der Waals surface area contributed by atoms with Crippen molar-refractivity contribution in [3.8, 4) is 5.75 Å². The zero-order chi connectivity index (χ0) is 20.5. The summed E-state index contributed by atoms with van der Waals surface area (Å²) in [5.41, 5.74) is 6.42. The van der Waals surface area contributed by atoms with Crippen molar-refractivity contribution in [2.75, 3.05) is 0 Å². The highest BCUT2D eigenvalue weighted by Crippen LogP contribution is 2.22. The Morgan fingerprint density at radius 2 is 1.93 bits per heavy atom. The Morgan fingerprint density at radius 3 is 2.61 bits per heavy atom. The summed E-state index contributed by atoms with van der Waals surface area (Å²) in [5.74, 6) is -0.210. The van der Waals surface area contributed by atoms with Gasteiger partial charge in [-0.05, 0) is 29.8 Å². The van der Waals surface area contributed by atoms with E-state index in [4.69, 9.17) is 33.7 Å². The van der Waals surface area contributed by atoms with Gasteiger partial charge in [-0.1, -0.05) is 41.4 Å². The van der Waals surface area contributed by atoms with E-state index in [1.54, 1.807) is 24.3 Å². The third-order valence-electron chi connectivity index (χ3n) is 3.03. The Morgan fingerprint density at radius 1 is 1.25 bits per heavy atom. The van der Waals surface area contributed by atoms with Crippen LogP contribution in [0.2, 0.25) is 10.0 Å². The van der Waals surface area contributed by atoms with E-state index in [9.17, 15) is 14.9 Å². The molecule has 0 aliphatic rings. The van der Waals surface area contributed by atoms with E-state index in [1.165, 1.54) is 24.4 Å². The van der Waals surface area contributed by atoms with Crippen molar-refractivity contribution < 1.29 is 19.5 Å². The van der Waals surface area contributed by atoms with E-state index in [0.717, 1.165) is 0 Å². The predicted octanol–water partition coefficient (Wildman–Crippen LogP) is 3.14. The van der Waals surface area contributed by atoms with E-state index in [1.807, 2.05) is 0 Å². The van der Waals surface area contributed by atoms with Crippen LogP contribution in [0.4, 0.5) is 4.79 Å². The second-order valence-corrected chi connectivity index (χ2v) is 5.84. The van der Waals surface area contributed by atoms with Crippen LogP contribution in [0, 0.1) is 10.1 Å². The zero-order valence-corrected chi connectivity index (χ0v) is 15.6. The maximum Gasteiger partial charge on any atom is 0.419 e. The van der Waals surface area contributed by atoms with Gasteiger partial charge < -0.3 is 15.3 Å². The fourth-order valence-electron chi connectivity index (χ4n) is 1.87. The Bertz CT molecular complexity index is 915. The van der Waals surface area contributed by atoms with Crippen LogP contribution in [0.1, 0.15) is 11.1 Å². The molecule has 146 valence electrons. The Balaban J connectivity index is 1.93. The molecule has 2 aromatic rings. The van der Waals surface area contributed by atoms with Gasteiger partial charge in [-0.3, -0.25) is 5.32 Å². The lowest BCUT2D eigenvalue weighted by molar-refractivity contribution is -0.763. The maximum atomic E-state index is 11.8. The van der Waals surface area contributed by atoms with E-state index >= 15 is 0 Å². The van der Waals surface area contributed by atoms with Gasteiger partial charge in [0.25, 0.3) is 5.09 Å². The number of benzene rings is 2. The highest BCUT2D eigenvalue weighted by atomic mass is 35.5. The third kappa shape index (κ3) is 6.74. The van der Waals surface area contributed by atoms with Crippen molar-refractivity contribution in [2.24, 2.45) is 15.9 Å². The molecule has 3 N–H and O–H groups in total. The summed E-state index contributed by atoms with van der Waals surface area (Å²) in [4.78, 5) is 26.3. The third-order valence-corrected chi connectivity index (χ3v) is 3.69. The van der Waals surface area contributed by atoms with Gasteiger partial charge in [0.2, 0.25) is 5.96 Å². The normalized spacial score (nSPS) is 11.3. The van der Waals surface area contributed by atoms with E-state index < -0.39 is 11.2 Å². The Labute approximate surface area is 168 Å². The lowest BCUT2D eigenvalue weighted by Gasteiger charge is -2.06. The molecule has 2 aromatic carbocycles. The number of rotatable bonds is 6. The number of nitrogens with one attached hydrogen (secondary N) is 1. The van der Waals surface area contributed by atoms with Crippen molar-refractivity contribution in [3.63, 3.8) is 0 Å². The number of carbonyl (C=O) groups excluding carboxylic acids is 1. The molecule has 12 heteroatoms. The zero-order valence-electron chi connectivity index (χ0n) is 14.0. The van der Waals surface area contributed by atoms with E-state index in [0.29, 0.717) is 21.2 Å². The van der Waals surface area contributed by atoms with Gasteiger partial charge in [0, 0.05) is 5.56 Å². The first-order chi connectivity index (χ1) is 13.3. The molecule has 0 saturated heterocycles. The SMILES string of the molecule is N/C(=N\N=C\c1c(Cl)cccc1Cl)NC(=O)Oc1cccc(CO[N+](=O)[O-])c1. The Kier molecular flexibility index (Phi) is 7.55. The summed E-state index contributed by atoms with van der Waals surface area (Å²) in [6.07, 6.45) is 0.350. The standard InChI is InChI=1S/C16H13Cl2N5O5/c17-13-5-2-6-14(18)12(13)8-20-22-15(19)21-16(24)28-11-4-1-3-10(7-11)9-27-23(25)26/h1-8H,9H2,(H3,19,21,22,24)/b20-8+. The summed E-state index contributed by atoms with van der Waals surface area (Å²) in [5, 5.41) is 19.5. The molecule has 1 amide bonds. The number of guanidine groups is 1. The first-order valence-corrected chi connectivity index (χ1v) is 8.26. The van der Waals surface area contributed by atoms with Crippen LogP contribution >= 0.6 is 23.2 Å². The number of halogens is 2. The maximum absolute atomic E-state index is 11.8. The minimum Gasteiger partial charge on any atom is -0.410 e. The fourth-order valence-corrected chi connectivity index (χ4v) is 2.37. The quantitative estimate of drug-likeness (QED) is 0.315. The summed E-state index contributed by atoms with van der Waals surface area (Å²) in [6, 6.07) is 10.9. The lowest BCUT2D eigenvalue weighted by Crippen LogP contribution is -2.38. The number of hydrogen-bond acceptors (Lipinski definition) is 7. The molecule has 0 aliphatic heterocycles. The predicted molar refractivity (Wildman–Crippen MR) is 103 cm³/mol. The molecule has 2 rings (SSSR count). The summed E-state index contributed by atoms with van der Waals surface area (Å²) < 4.78 is 5.00. The monoisotopic (exact) mass is 425 g/mol. The van der Waals surface area contributed by atoms with Gasteiger partial charge in [0.15, 0.2) is 0 Å². The van der Waals surface area contributed by atoms with E-state index in [2.05, 4.69) is 20.4 Å². The molecule has 0 radical (unpaired) electrons. The van der Waals surface area contributed by atoms with Crippen molar-refractivity contribution >= 4 is 41.5 Å². The van der Waals surface area contributed by atoms with Gasteiger partial charge in [-0.25, -0.2) is 4.79 Å². The first-order valence-electron chi connectivity index (χ1n) is 7.50. The van der Waals surface area contributed by atoms with Crippen LogP contribution in [0.5, 0.6) is 5.75 Å². The highest BCUT2D eigenvalue weighted by Gasteiger charge is 2.07. The molecule has 0 heterocycles. The van der Waals surface area contributed by atoms with Gasteiger partial charge in [0.1, 0.15) is 12.4 Å². The summed E-state index contributed by atoms with van der Waals surface area (Å²) in [6.45, 7) is -0.283. The molecule has 0 unspecified atom stereocenters. The van der Waals surface area contributed by atoms with Gasteiger partial charge in [-0.2, -0.15) is 5.10 Å². The molecule has 0 aliphatic carbocycles. The average Bonchev–Trinajstić information content (AvgIpc) is 2.62. The van der Waals surface area contributed by atoms with Gasteiger partial charge in [0.05, 0.1) is 16.3 Å². The molecule has 0 saturated carbocycles. The summed E-state index contributed by atoms with van der Waals surface area (Å²) in [7, 11) is 0. The molecule has 0 aromatic heterocycles. The molecule has 0 bridgehead atoms. The second kappa shape index (κ2) is 10.1. The van der Waals surface area contributed by atoms with Crippen molar-refractivity contribution in [1.29, 1.82) is 0 Å². The minimum absolute atomic E-state index is 0.126. The number of hydrogen-bond donors (Lipinski definition) is 2. The minimum atomic E-state index is -0.931. The van der Waals surface area contributed by atoms with Crippen molar-refractivity contribution in [2.45, 2.75) is 6.61 Å². The number of amides is 1. The Hall–Kier alpha value is -3.37. The largest absolute Gasteiger partial charge is 0.419 e. The highest BCUT2D eigenvalue weighted by molar-refractivity contribution is 6.38. The number of nitrogens with two attached hydrogens (primary N) is 1. The van der Waals surface area contributed by atoms with Crippen LogP contribution in [0.25, 0.3) is 0 Å².